The standard InChI is InChI=1S/C24H31NO4/c1-5-28-22(26)16-15-21(25-23(27)29-24(2,3)4)17-18-11-13-20(14-12-18)19-9-7-6-8-10-19/h6-14,21H,5,15-17H2,1-4H3,(H,25,27)/t21-/m0/s1. The fraction of sp³-hybridized carbons (Fsp3) is 0.417. The van der Waals surface area contributed by atoms with E-state index in [0.29, 0.717) is 19.4 Å². The van der Waals surface area contributed by atoms with Crippen molar-refractivity contribution in [3.8, 4) is 11.1 Å². The van der Waals surface area contributed by atoms with Crippen molar-refractivity contribution in [3.05, 3.63) is 60.2 Å². The lowest BCUT2D eigenvalue weighted by Crippen LogP contribution is -2.40. The molecule has 1 atom stereocenters. The summed E-state index contributed by atoms with van der Waals surface area (Å²) in [7, 11) is 0. The summed E-state index contributed by atoms with van der Waals surface area (Å²) in [6, 6.07) is 18.2. The molecule has 0 spiro atoms. The van der Waals surface area contributed by atoms with E-state index < -0.39 is 11.7 Å². The number of benzene rings is 2. The molecule has 0 unspecified atom stereocenters. The third-order valence-electron chi connectivity index (χ3n) is 4.27. The van der Waals surface area contributed by atoms with E-state index in [2.05, 4.69) is 41.7 Å². The molecule has 2 aromatic rings. The Balaban J connectivity index is 2.04. The summed E-state index contributed by atoms with van der Waals surface area (Å²) < 4.78 is 10.4. The molecule has 2 rings (SSSR count). The quantitative estimate of drug-likeness (QED) is 0.627. The highest BCUT2D eigenvalue weighted by atomic mass is 16.6. The molecule has 0 aliphatic carbocycles. The van der Waals surface area contributed by atoms with Gasteiger partial charge in [0, 0.05) is 12.5 Å². The van der Waals surface area contributed by atoms with Crippen LogP contribution in [0.25, 0.3) is 11.1 Å². The first-order chi connectivity index (χ1) is 13.8. The van der Waals surface area contributed by atoms with Crippen LogP contribution in [-0.4, -0.2) is 30.3 Å². The van der Waals surface area contributed by atoms with Crippen LogP contribution >= 0.6 is 0 Å². The zero-order valence-electron chi connectivity index (χ0n) is 17.7. The molecule has 2 aromatic carbocycles. The predicted octanol–water partition coefficient (Wildman–Crippen LogP) is 5.13. The molecule has 0 aliphatic heterocycles. The number of esters is 1. The van der Waals surface area contributed by atoms with Gasteiger partial charge in [-0.15, -0.1) is 0 Å². The van der Waals surface area contributed by atoms with E-state index in [1.807, 2.05) is 39.0 Å². The van der Waals surface area contributed by atoms with Crippen molar-refractivity contribution in [2.45, 2.75) is 58.6 Å². The Morgan fingerprint density at radius 3 is 2.17 bits per heavy atom. The Bertz CT molecular complexity index is 779. The van der Waals surface area contributed by atoms with E-state index >= 15 is 0 Å². The maximum Gasteiger partial charge on any atom is 0.407 e. The van der Waals surface area contributed by atoms with Gasteiger partial charge >= 0.3 is 12.1 Å². The smallest absolute Gasteiger partial charge is 0.407 e. The van der Waals surface area contributed by atoms with Crippen molar-refractivity contribution in [1.82, 2.24) is 5.32 Å². The molecule has 0 bridgehead atoms. The monoisotopic (exact) mass is 397 g/mol. The Hall–Kier alpha value is -2.82. The highest BCUT2D eigenvalue weighted by Gasteiger charge is 2.20. The van der Waals surface area contributed by atoms with Crippen molar-refractivity contribution < 1.29 is 19.1 Å². The van der Waals surface area contributed by atoms with Crippen LogP contribution in [-0.2, 0) is 20.7 Å². The van der Waals surface area contributed by atoms with E-state index in [4.69, 9.17) is 9.47 Å². The van der Waals surface area contributed by atoms with Gasteiger partial charge < -0.3 is 14.8 Å². The zero-order valence-corrected chi connectivity index (χ0v) is 17.7. The number of hydrogen-bond acceptors (Lipinski definition) is 4. The van der Waals surface area contributed by atoms with E-state index in [1.54, 1.807) is 6.92 Å². The largest absolute Gasteiger partial charge is 0.466 e. The molecule has 0 saturated heterocycles. The minimum Gasteiger partial charge on any atom is -0.466 e. The van der Waals surface area contributed by atoms with E-state index in [0.717, 1.165) is 16.7 Å². The van der Waals surface area contributed by atoms with Crippen LogP contribution in [0.1, 0.15) is 46.1 Å². The molecule has 5 nitrogen and oxygen atoms in total. The molecule has 1 amide bonds. The minimum absolute atomic E-state index is 0.225. The normalized spacial score (nSPS) is 12.1. The summed E-state index contributed by atoms with van der Waals surface area (Å²) in [6.07, 6.45) is 0.857. The molecule has 29 heavy (non-hydrogen) atoms. The lowest BCUT2D eigenvalue weighted by Gasteiger charge is -2.23. The van der Waals surface area contributed by atoms with Gasteiger partial charge in [0.25, 0.3) is 0 Å². The number of amides is 1. The van der Waals surface area contributed by atoms with Gasteiger partial charge in [-0.2, -0.15) is 0 Å². The van der Waals surface area contributed by atoms with Gasteiger partial charge in [0.1, 0.15) is 5.60 Å². The number of carbonyl (C=O) groups is 2. The molecule has 0 saturated carbocycles. The average Bonchev–Trinajstić information content (AvgIpc) is 2.66. The third-order valence-corrected chi connectivity index (χ3v) is 4.27. The summed E-state index contributed by atoms with van der Waals surface area (Å²) in [4.78, 5) is 24.0. The average molecular weight is 398 g/mol. The van der Waals surface area contributed by atoms with E-state index in [-0.39, 0.29) is 18.4 Å². The van der Waals surface area contributed by atoms with Crippen LogP contribution in [0.15, 0.2) is 54.6 Å². The lowest BCUT2D eigenvalue weighted by atomic mass is 9.98. The number of ether oxygens (including phenoxy) is 2. The van der Waals surface area contributed by atoms with Crippen LogP contribution in [0.2, 0.25) is 0 Å². The fourth-order valence-electron chi connectivity index (χ4n) is 2.97. The van der Waals surface area contributed by atoms with Crippen LogP contribution in [0.3, 0.4) is 0 Å². The first-order valence-corrected chi connectivity index (χ1v) is 10.1. The van der Waals surface area contributed by atoms with Gasteiger partial charge in [0.15, 0.2) is 0 Å². The predicted molar refractivity (Wildman–Crippen MR) is 115 cm³/mol. The molecular weight excluding hydrogens is 366 g/mol. The second kappa shape index (κ2) is 10.6. The number of hydrogen-bond donors (Lipinski definition) is 1. The van der Waals surface area contributed by atoms with Crippen molar-refractivity contribution in [2.75, 3.05) is 6.61 Å². The Morgan fingerprint density at radius 1 is 0.966 bits per heavy atom. The first kappa shape index (κ1) is 22.5. The Kier molecular flexibility index (Phi) is 8.25. The molecule has 1 N–H and O–H groups in total. The highest BCUT2D eigenvalue weighted by molar-refractivity contribution is 5.70. The number of carbonyl (C=O) groups excluding carboxylic acids is 2. The van der Waals surface area contributed by atoms with Gasteiger partial charge in [0.05, 0.1) is 6.61 Å². The van der Waals surface area contributed by atoms with Gasteiger partial charge in [-0.1, -0.05) is 54.6 Å². The summed E-state index contributed by atoms with van der Waals surface area (Å²) in [5, 5.41) is 2.90. The number of alkyl carbamates (subject to hydrolysis) is 1. The molecule has 0 fully saturated rings. The van der Waals surface area contributed by atoms with Crippen molar-refractivity contribution in [2.24, 2.45) is 0 Å². The fourth-order valence-corrected chi connectivity index (χ4v) is 2.97. The summed E-state index contributed by atoms with van der Waals surface area (Å²) in [5.74, 6) is -0.261. The van der Waals surface area contributed by atoms with Crippen LogP contribution in [0.4, 0.5) is 4.79 Å². The van der Waals surface area contributed by atoms with Gasteiger partial charge in [-0.05, 0) is 57.2 Å². The second-order valence-corrected chi connectivity index (χ2v) is 7.95. The van der Waals surface area contributed by atoms with Crippen molar-refractivity contribution in [3.63, 3.8) is 0 Å². The zero-order chi connectivity index (χ0) is 21.3. The topological polar surface area (TPSA) is 64.6 Å². The second-order valence-electron chi connectivity index (χ2n) is 7.95. The van der Waals surface area contributed by atoms with Gasteiger partial charge in [-0.25, -0.2) is 4.79 Å². The first-order valence-electron chi connectivity index (χ1n) is 10.1. The molecule has 0 heterocycles. The lowest BCUT2D eigenvalue weighted by molar-refractivity contribution is -0.143. The molecule has 0 radical (unpaired) electrons. The Morgan fingerprint density at radius 2 is 1.59 bits per heavy atom. The Labute approximate surface area is 173 Å². The number of nitrogens with one attached hydrogen (secondary N) is 1. The summed E-state index contributed by atoms with van der Waals surface area (Å²) in [6.45, 7) is 7.60. The molecular formula is C24H31NO4. The molecule has 0 aromatic heterocycles. The van der Waals surface area contributed by atoms with Crippen molar-refractivity contribution >= 4 is 12.1 Å². The maximum absolute atomic E-state index is 12.2. The van der Waals surface area contributed by atoms with Gasteiger partial charge in [0.2, 0.25) is 0 Å². The summed E-state index contributed by atoms with van der Waals surface area (Å²) >= 11 is 0. The third kappa shape index (κ3) is 8.38. The van der Waals surface area contributed by atoms with Crippen LogP contribution in [0, 0.1) is 0 Å². The molecule has 156 valence electrons. The highest BCUT2D eigenvalue weighted by Crippen LogP contribution is 2.20. The van der Waals surface area contributed by atoms with Gasteiger partial charge in [-0.3, -0.25) is 4.79 Å². The van der Waals surface area contributed by atoms with E-state index in [1.165, 1.54) is 0 Å². The summed E-state index contributed by atoms with van der Waals surface area (Å²) in [5.41, 5.74) is 2.80. The SMILES string of the molecule is CCOC(=O)CC[C@@H](Cc1ccc(-c2ccccc2)cc1)NC(=O)OC(C)(C)C. The molecule has 5 heteroatoms. The molecule has 0 aliphatic rings. The number of rotatable bonds is 8. The maximum atomic E-state index is 12.2. The minimum atomic E-state index is -0.576. The van der Waals surface area contributed by atoms with Crippen molar-refractivity contribution in [1.29, 1.82) is 0 Å². The van der Waals surface area contributed by atoms with Crippen LogP contribution in [0.5, 0.6) is 0 Å². The van der Waals surface area contributed by atoms with E-state index in [9.17, 15) is 9.59 Å². The van der Waals surface area contributed by atoms with Crippen LogP contribution < -0.4 is 5.32 Å².